The number of rotatable bonds is 28. The summed E-state index contributed by atoms with van der Waals surface area (Å²) < 4.78 is 9.40. The van der Waals surface area contributed by atoms with Crippen molar-refractivity contribution in [1.29, 1.82) is 0 Å². The van der Waals surface area contributed by atoms with Crippen LogP contribution in [-0.2, 0) is 4.74 Å². The van der Waals surface area contributed by atoms with Crippen LogP contribution in [0.1, 0.15) is 123 Å². The fourth-order valence-corrected chi connectivity index (χ4v) is 54.1. The molecule has 0 aliphatic heterocycles. The maximum absolute atomic E-state index is 9.40. The lowest BCUT2D eigenvalue weighted by molar-refractivity contribution is -0.0781. The average Bonchev–Trinajstić information content (AvgIpc) is 3.06. The lowest BCUT2D eigenvalue weighted by Crippen LogP contribution is -2.93. The number of hydrogen-bond acceptors (Lipinski definition) is 3. The number of nitrogens with two attached hydrogens (primary N) is 2. The maximum atomic E-state index is 9.40. The largest absolute Gasteiger partial charge is 0.378 e. The van der Waals surface area contributed by atoms with Gasteiger partial charge in [-0.2, -0.15) is 0 Å². The Morgan fingerprint density at radius 1 is 0.373 bits per heavy atom. The van der Waals surface area contributed by atoms with Gasteiger partial charge >= 0.3 is 12.0 Å². The summed E-state index contributed by atoms with van der Waals surface area (Å²) in [7, 11) is -10.0. The second-order valence-electron chi connectivity index (χ2n) is 16.2. The minimum Gasteiger partial charge on any atom is -0.378 e. The van der Waals surface area contributed by atoms with Crippen molar-refractivity contribution in [2.24, 2.45) is 11.5 Å². The van der Waals surface area contributed by atoms with E-state index in [2.05, 4.69) is 96.9 Å². The maximum Gasteiger partial charge on any atom is 0.343 e. The third-order valence-corrected chi connectivity index (χ3v) is 50.7. The SMILES string of the molecule is CCCC(N)(C[Si](Cl)(Cl)Cl)C(OC(C(N)(CCC)C[Si](Cl)(Cl)Cl)([Si](CC)(CC)CC)[Si](CC)(CC)CC)([Si](CC)(CC)CC)[Si](CC)(CC)CC. The molecule has 0 saturated heterocycles. The van der Waals surface area contributed by atoms with Crippen molar-refractivity contribution < 1.29 is 4.74 Å². The summed E-state index contributed by atoms with van der Waals surface area (Å²) in [6, 6.07) is 6.98. The van der Waals surface area contributed by atoms with E-state index in [0.717, 1.165) is 98.2 Å². The van der Waals surface area contributed by atoms with Gasteiger partial charge in [0.15, 0.2) is 0 Å². The Hall–Kier alpha value is 2.92. The van der Waals surface area contributed by atoms with E-state index in [0.29, 0.717) is 12.1 Å². The second-order valence-corrected chi connectivity index (χ2v) is 57.0. The predicted octanol–water partition coefficient (Wildman–Crippen LogP) is 15.0. The lowest BCUT2D eigenvalue weighted by atomic mass is 9.95. The molecule has 0 aromatic carbocycles. The second kappa shape index (κ2) is 21.3. The molecular formula is C36H82Cl6N2OSi6. The van der Waals surface area contributed by atoms with Crippen molar-refractivity contribution in [1.82, 2.24) is 0 Å². The Morgan fingerprint density at radius 2 is 0.549 bits per heavy atom. The van der Waals surface area contributed by atoms with Crippen LogP contribution in [0.5, 0.6) is 0 Å². The molecule has 308 valence electrons. The molecule has 0 heterocycles. The third kappa shape index (κ3) is 9.70. The van der Waals surface area contributed by atoms with Gasteiger partial charge in [-0.15, -0.1) is 66.5 Å². The smallest absolute Gasteiger partial charge is 0.343 e. The summed E-state index contributed by atoms with van der Waals surface area (Å²) in [5, 5.41) is 0. The van der Waals surface area contributed by atoms with Crippen molar-refractivity contribution in [3.63, 3.8) is 0 Å². The van der Waals surface area contributed by atoms with Crippen molar-refractivity contribution in [3.8, 4) is 0 Å². The van der Waals surface area contributed by atoms with Gasteiger partial charge in [0, 0.05) is 23.2 Å². The van der Waals surface area contributed by atoms with Crippen LogP contribution < -0.4 is 11.5 Å². The van der Waals surface area contributed by atoms with Gasteiger partial charge in [0.1, 0.15) is 0 Å². The van der Waals surface area contributed by atoms with Crippen LogP contribution >= 0.6 is 66.5 Å². The van der Waals surface area contributed by atoms with Gasteiger partial charge in [-0.1, -0.05) is 182 Å². The van der Waals surface area contributed by atoms with Gasteiger partial charge in [0.25, 0.3) is 0 Å². The highest BCUT2D eigenvalue weighted by molar-refractivity contribution is 7.65. The Labute approximate surface area is 352 Å². The Balaban J connectivity index is 10.2. The van der Waals surface area contributed by atoms with E-state index in [4.69, 9.17) is 77.9 Å². The Morgan fingerprint density at radius 3 is 0.667 bits per heavy atom. The molecule has 0 aliphatic rings. The van der Waals surface area contributed by atoms with Crippen LogP contribution in [0, 0.1) is 0 Å². The first-order valence-corrected chi connectivity index (χ1v) is 41.9. The van der Waals surface area contributed by atoms with E-state index in [1.54, 1.807) is 0 Å². The van der Waals surface area contributed by atoms with E-state index in [1.165, 1.54) is 0 Å². The van der Waals surface area contributed by atoms with Crippen molar-refractivity contribution in [2.45, 2.75) is 228 Å². The highest BCUT2D eigenvalue weighted by atomic mass is 35.8. The fraction of sp³-hybridized carbons (Fsp3) is 1.00. The molecule has 2 unspecified atom stereocenters. The molecule has 51 heavy (non-hydrogen) atoms. The normalized spacial score (nSPS) is 17.1. The molecule has 0 aromatic heterocycles. The zero-order valence-corrected chi connectivity index (χ0v) is 46.1. The molecule has 0 rings (SSSR count). The summed E-state index contributed by atoms with van der Waals surface area (Å²) in [5.41, 5.74) is 15.2. The van der Waals surface area contributed by atoms with Gasteiger partial charge in [0.2, 0.25) is 0 Å². The quantitative estimate of drug-likeness (QED) is 0.0607. The van der Waals surface area contributed by atoms with Crippen LogP contribution in [0.15, 0.2) is 0 Å². The molecule has 0 aliphatic carbocycles. The zero-order valence-electron chi connectivity index (χ0n) is 35.6. The molecule has 0 aromatic rings. The molecule has 0 fully saturated rings. The zero-order chi connectivity index (χ0) is 40.4. The van der Waals surface area contributed by atoms with Crippen LogP contribution in [0.4, 0.5) is 0 Å². The molecule has 2 atom stereocenters. The summed E-state index contributed by atoms with van der Waals surface area (Å²) in [4.78, 5) is -1.25. The van der Waals surface area contributed by atoms with E-state index in [-0.39, 0.29) is 0 Å². The third-order valence-electron chi connectivity index (χ3n) is 15.2. The van der Waals surface area contributed by atoms with Gasteiger partial charge in [-0.25, -0.2) is 0 Å². The van der Waals surface area contributed by atoms with Gasteiger partial charge in [0.05, 0.1) is 42.0 Å². The Bertz CT molecular complexity index is 868. The van der Waals surface area contributed by atoms with Crippen LogP contribution in [-0.4, -0.2) is 65.1 Å². The molecule has 0 radical (unpaired) electrons. The van der Waals surface area contributed by atoms with E-state index < -0.39 is 65.1 Å². The van der Waals surface area contributed by atoms with E-state index in [9.17, 15) is 4.74 Å². The number of hydrogen-bond donors (Lipinski definition) is 2. The van der Waals surface area contributed by atoms with E-state index >= 15 is 0 Å². The summed E-state index contributed by atoms with van der Waals surface area (Å²) in [6.07, 6.45) is 3.31. The number of ether oxygens (including phenoxy) is 1. The molecule has 0 bridgehead atoms. The van der Waals surface area contributed by atoms with E-state index in [1.807, 2.05) is 0 Å². The lowest BCUT2D eigenvalue weighted by Gasteiger charge is -2.74. The minimum atomic E-state index is -3.30. The molecular weight excluding hydrogens is 858 g/mol. The first kappa shape index (κ1) is 53.9. The van der Waals surface area contributed by atoms with Gasteiger partial charge in [-0.3, -0.25) is 0 Å². The Kier molecular flexibility index (Phi) is 22.5. The van der Waals surface area contributed by atoms with Crippen molar-refractivity contribution in [3.05, 3.63) is 0 Å². The fourth-order valence-electron chi connectivity index (χ4n) is 12.5. The first-order valence-electron chi connectivity index (χ1n) is 20.9. The molecule has 0 spiro atoms. The number of halogens is 6. The van der Waals surface area contributed by atoms with Crippen molar-refractivity contribution >= 4 is 111 Å². The van der Waals surface area contributed by atoms with Crippen LogP contribution in [0.25, 0.3) is 0 Å². The predicted molar refractivity (Wildman–Crippen MR) is 255 cm³/mol. The minimum absolute atomic E-state index is 0.389. The molecule has 0 saturated carbocycles. The highest BCUT2D eigenvalue weighted by Gasteiger charge is 2.78. The van der Waals surface area contributed by atoms with Gasteiger partial charge in [-0.05, 0) is 12.8 Å². The highest BCUT2D eigenvalue weighted by Crippen LogP contribution is 2.63. The van der Waals surface area contributed by atoms with Crippen molar-refractivity contribution in [2.75, 3.05) is 0 Å². The summed E-state index contributed by atoms with van der Waals surface area (Å²) in [6.45, 7) is 33.7. The van der Waals surface area contributed by atoms with Crippen LogP contribution in [0.3, 0.4) is 0 Å². The monoisotopic (exact) mass is 936 g/mol. The van der Waals surface area contributed by atoms with Crippen LogP contribution in [0.2, 0.25) is 84.6 Å². The summed E-state index contributed by atoms with van der Waals surface area (Å²) >= 11 is 43.0. The molecule has 15 heteroatoms. The standard InChI is InChI=1S/C36H82Cl6N2OSi6/c1-15-29-33(43,31-50(37,38)39)35(46(17-3,18-4)19-5,47(20-6,21-7)22-8)45-36(48(23-9,24-10)25-11,49(26-12,27-13)28-14)34(44,30-16-2)32-51(40,41)42/h15-32,43-44H2,1-14H3. The molecule has 3 nitrogen and oxygen atoms in total. The molecule has 4 N–H and O–H groups in total. The average molecular weight is 940 g/mol. The topological polar surface area (TPSA) is 61.3 Å². The summed E-state index contributed by atoms with van der Waals surface area (Å²) in [5.74, 6) is 0. The van der Waals surface area contributed by atoms with Gasteiger partial charge < -0.3 is 16.2 Å². The molecule has 0 amide bonds. The first-order chi connectivity index (χ1) is 23.5.